The van der Waals surface area contributed by atoms with Crippen LogP contribution in [0.25, 0.3) is 11.3 Å². The molecule has 4 heteroatoms. The van der Waals surface area contributed by atoms with Gasteiger partial charge in [0.15, 0.2) is 11.5 Å². The molecule has 1 aliphatic rings. The van der Waals surface area contributed by atoms with E-state index in [2.05, 4.69) is 17.4 Å². The van der Waals surface area contributed by atoms with Crippen molar-refractivity contribution in [2.45, 2.75) is 19.8 Å². The van der Waals surface area contributed by atoms with Crippen LogP contribution < -0.4 is 14.8 Å². The first-order valence-corrected chi connectivity index (χ1v) is 7.95. The lowest BCUT2D eigenvalue weighted by Gasteiger charge is -2.25. The van der Waals surface area contributed by atoms with Crippen LogP contribution >= 0.6 is 0 Å². The highest BCUT2D eigenvalue weighted by Crippen LogP contribution is 2.40. The minimum absolute atomic E-state index is 0.0823. The number of hydrogen-bond donors (Lipinski definition) is 1. The van der Waals surface area contributed by atoms with Crippen LogP contribution in [0.4, 0.5) is 0 Å². The molecule has 0 atom stereocenters. The number of carbonyl (C=O) groups is 1. The smallest absolute Gasteiger partial charge is 0.221 e. The van der Waals surface area contributed by atoms with Gasteiger partial charge in [-0.25, -0.2) is 0 Å². The topological polar surface area (TPSA) is 47.6 Å². The molecule has 4 nitrogen and oxygen atoms in total. The number of carbonyl (C=O) groups excluding carboxylic acids is 1. The van der Waals surface area contributed by atoms with E-state index >= 15 is 0 Å². The summed E-state index contributed by atoms with van der Waals surface area (Å²) in [5, 5.41) is 3.02. The number of benzene rings is 2. The molecule has 0 saturated heterocycles. The van der Waals surface area contributed by atoms with Crippen LogP contribution in [0.2, 0.25) is 0 Å². The third kappa shape index (κ3) is 3.00. The van der Waals surface area contributed by atoms with Crippen molar-refractivity contribution < 1.29 is 14.3 Å². The van der Waals surface area contributed by atoms with Gasteiger partial charge in [0.05, 0.1) is 19.9 Å². The molecule has 0 aliphatic heterocycles. The summed E-state index contributed by atoms with van der Waals surface area (Å²) in [6.07, 6.45) is 1.76. The molecule has 0 radical (unpaired) electrons. The number of hydrogen-bond acceptors (Lipinski definition) is 3. The summed E-state index contributed by atoms with van der Waals surface area (Å²) in [4.78, 5) is 11.8. The normalized spacial score (nSPS) is 13.3. The molecule has 0 unspecified atom stereocenters. The van der Waals surface area contributed by atoms with Gasteiger partial charge in [-0.2, -0.15) is 0 Å². The standard InChI is InChI=1S/C20H21NO3/c1-13(22)21-20-16(14-7-5-4-6-8-14)10-9-15-11-18(23-2)19(24-3)12-17(15)20/h4-8,11-12H,9-10H2,1-3H3,(H,21,22). The zero-order valence-electron chi connectivity index (χ0n) is 14.2. The van der Waals surface area contributed by atoms with E-state index in [-0.39, 0.29) is 5.91 Å². The summed E-state index contributed by atoms with van der Waals surface area (Å²) in [5.41, 5.74) is 5.27. The van der Waals surface area contributed by atoms with Crippen LogP contribution in [0.1, 0.15) is 30.0 Å². The largest absolute Gasteiger partial charge is 0.493 e. The molecule has 1 aliphatic carbocycles. The van der Waals surface area contributed by atoms with Crippen LogP contribution in [0.15, 0.2) is 42.5 Å². The molecule has 24 heavy (non-hydrogen) atoms. The van der Waals surface area contributed by atoms with Crippen molar-refractivity contribution in [1.29, 1.82) is 0 Å². The van der Waals surface area contributed by atoms with E-state index in [0.717, 1.165) is 40.8 Å². The van der Waals surface area contributed by atoms with Gasteiger partial charge in [-0.3, -0.25) is 4.79 Å². The number of methoxy groups -OCH3 is 2. The number of fused-ring (bicyclic) bond motifs is 1. The van der Waals surface area contributed by atoms with E-state index in [1.165, 1.54) is 6.92 Å². The fourth-order valence-electron chi connectivity index (χ4n) is 3.15. The Morgan fingerprint density at radius 2 is 1.67 bits per heavy atom. The monoisotopic (exact) mass is 323 g/mol. The first-order chi connectivity index (χ1) is 11.6. The quantitative estimate of drug-likeness (QED) is 0.934. The van der Waals surface area contributed by atoms with Gasteiger partial charge in [-0.1, -0.05) is 30.3 Å². The SMILES string of the molecule is COc1cc2c(cc1OC)C(NC(C)=O)=C(c1ccccc1)CC2. The molecular weight excluding hydrogens is 302 g/mol. The molecule has 1 amide bonds. The second-order valence-corrected chi connectivity index (χ2v) is 5.77. The zero-order valence-corrected chi connectivity index (χ0v) is 14.2. The third-order valence-electron chi connectivity index (χ3n) is 4.25. The van der Waals surface area contributed by atoms with E-state index in [4.69, 9.17) is 9.47 Å². The highest BCUT2D eigenvalue weighted by atomic mass is 16.5. The number of allylic oxidation sites excluding steroid dienone is 1. The number of ether oxygens (including phenoxy) is 2. The summed E-state index contributed by atoms with van der Waals surface area (Å²) in [5.74, 6) is 1.29. The van der Waals surface area contributed by atoms with Gasteiger partial charge in [-0.15, -0.1) is 0 Å². The lowest BCUT2D eigenvalue weighted by Crippen LogP contribution is -2.22. The van der Waals surface area contributed by atoms with E-state index < -0.39 is 0 Å². The van der Waals surface area contributed by atoms with Crippen molar-refractivity contribution in [3.63, 3.8) is 0 Å². The number of aryl methyl sites for hydroxylation is 1. The summed E-state index contributed by atoms with van der Waals surface area (Å²) < 4.78 is 10.8. The number of amides is 1. The Morgan fingerprint density at radius 3 is 2.29 bits per heavy atom. The maximum absolute atomic E-state index is 11.8. The average molecular weight is 323 g/mol. The van der Waals surface area contributed by atoms with E-state index in [0.29, 0.717) is 11.5 Å². The molecule has 0 spiro atoms. The number of nitrogens with one attached hydrogen (secondary N) is 1. The van der Waals surface area contributed by atoms with Gasteiger partial charge in [0.2, 0.25) is 5.91 Å². The molecule has 0 aromatic heterocycles. The van der Waals surface area contributed by atoms with E-state index in [9.17, 15) is 4.79 Å². The fraction of sp³-hybridized carbons (Fsp3) is 0.250. The van der Waals surface area contributed by atoms with Crippen LogP contribution in [0.5, 0.6) is 11.5 Å². The molecule has 0 bridgehead atoms. The predicted molar refractivity (Wildman–Crippen MR) is 94.9 cm³/mol. The van der Waals surface area contributed by atoms with Crippen molar-refractivity contribution in [2.24, 2.45) is 0 Å². The fourth-order valence-corrected chi connectivity index (χ4v) is 3.15. The van der Waals surface area contributed by atoms with Gasteiger partial charge in [0.25, 0.3) is 0 Å². The van der Waals surface area contributed by atoms with E-state index in [1.807, 2.05) is 30.3 Å². The second-order valence-electron chi connectivity index (χ2n) is 5.77. The van der Waals surface area contributed by atoms with Crippen molar-refractivity contribution in [2.75, 3.05) is 14.2 Å². The maximum Gasteiger partial charge on any atom is 0.221 e. The van der Waals surface area contributed by atoms with Crippen molar-refractivity contribution in [3.05, 3.63) is 59.2 Å². The van der Waals surface area contributed by atoms with E-state index in [1.54, 1.807) is 14.2 Å². The van der Waals surface area contributed by atoms with Crippen molar-refractivity contribution in [1.82, 2.24) is 5.32 Å². The Kier molecular flexibility index (Phi) is 4.56. The van der Waals surface area contributed by atoms with Crippen LogP contribution in [0.3, 0.4) is 0 Å². The second kappa shape index (κ2) is 6.79. The minimum Gasteiger partial charge on any atom is -0.493 e. The first-order valence-electron chi connectivity index (χ1n) is 7.95. The highest BCUT2D eigenvalue weighted by molar-refractivity contribution is 5.99. The Labute approximate surface area is 142 Å². The Bertz CT molecular complexity index is 794. The number of rotatable bonds is 4. The highest BCUT2D eigenvalue weighted by Gasteiger charge is 2.23. The van der Waals surface area contributed by atoms with Crippen LogP contribution in [-0.2, 0) is 11.2 Å². The Balaban J connectivity index is 2.20. The maximum atomic E-state index is 11.8. The Morgan fingerprint density at radius 1 is 1.00 bits per heavy atom. The lowest BCUT2D eigenvalue weighted by molar-refractivity contribution is -0.117. The van der Waals surface area contributed by atoms with Crippen molar-refractivity contribution >= 4 is 17.2 Å². The minimum atomic E-state index is -0.0823. The van der Waals surface area contributed by atoms with Crippen molar-refractivity contribution in [3.8, 4) is 11.5 Å². The van der Waals surface area contributed by atoms with Crippen LogP contribution in [-0.4, -0.2) is 20.1 Å². The van der Waals surface area contributed by atoms with Crippen LogP contribution in [0, 0.1) is 0 Å². The van der Waals surface area contributed by atoms with Gasteiger partial charge < -0.3 is 14.8 Å². The summed E-state index contributed by atoms with van der Waals surface area (Å²) in [6.45, 7) is 1.53. The summed E-state index contributed by atoms with van der Waals surface area (Å²) in [7, 11) is 3.25. The summed E-state index contributed by atoms with van der Waals surface area (Å²) in [6, 6.07) is 14.1. The van der Waals surface area contributed by atoms with Gasteiger partial charge in [0.1, 0.15) is 0 Å². The molecule has 1 N–H and O–H groups in total. The predicted octanol–water partition coefficient (Wildman–Crippen LogP) is 3.65. The zero-order chi connectivity index (χ0) is 17.1. The molecule has 2 aromatic carbocycles. The van der Waals surface area contributed by atoms with Gasteiger partial charge >= 0.3 is 0 Å². The molecule has 2 aromatic rings. The lowest BCUT2D eigenvalue weighted by atomic mass is 9.85. The van der Waals surface area contributed by atoms with Gasteiger partial charge in [-0.05, 0) is 41.7 Å². The molecule has 124 valence electrons. The molecular formula is C20H21NO3. The molecule has 0 fully saturated rings. The molecule has 0 heterocycles. The third-order valence-corrected chi connectivity index (χ3v) is 4.25. The first kappa shape index (κ1) is 16.1. The van der Waals surface area contributed by atoms with Gasteiger partial charge in [0, 0.05) is 12.5 Å². The summed E-state index contributed by atoms with van der Waals surface area (Å²) >= 11 is 0. The molecule has 0 saturated carbocycles. The Hall–Kier alpha value is -2.75. The molecule has 3 rings (SSSR count). The average Bonchev–Trinajstić information content (AvgIpc) is 2.61.